The molecule has 5 rings (SSSR count). The summed E-state index contributed by atoms with van der Waals surface area (Å²) in [5, 5.41) is 5.25. The van der Waals surface area contributed by atoms with Crippen LogP contribution < -0.4 is 10.1 Å². The number of halogens is 1. The summed E-state index contributed by atoms with van der Waals surface area (Å²) in [5.74, 6) is 1.36. The van der Waals surface area contributed by atoms with Gasteiger partial charge in [-0.1, -0.05) is 35.9 Å². The second kappa shape index (κ2) is 9.20. The Hall–Kier alpha value is -3.83. The smallest absolute Gasteiger partial charge is 0.137 e. The van der Waals surface area contributed by atoms with Crippen molar-refractivity contribution in [3.63, 3.8) is 0 Å². The number of aryl methyl sites for hydroxylation is 2. The van der Waals surface area contributed by atoms with E-state index in [0.717, 1.165) is 46.1 Å². The van der Waals surface area contributed by atoms with Crippen molar-refractivity contribution in [1.29, 1.82) is 0 Å². The van der Waals surface area contributed by atoms with Crippen LogP contribution in [0.3, 0.4) is 0 Å². The molecular formula is C28H25ClN4O. The number of ether oxygens (including phenoxy) is 1. The number of nitrogens with one attached hydrogen (secondary N) is 1. The van der Waals surface area contributed by atoms with Gasteiger partial charge in [0, 0.05) is 52.3 Å². The molecule has 1 N–H and O–H groups in total. The third kappa shape index (κ3) is 4.11. The Kier molecular flexibility index (Phi) is 5.95. The van der Waals surface area contributed by atoms with Gasteiger partial charge in [-0.15, -0.1) is 0 Å². The summed E-state index contributed by atoms with van der Waals surface area (Å²) in [5.41, 5.74) is 6.96. The summed E-state index contributed by atoms with van der Waals surface area (Å²) in [6, 6.07) is 22.5. The van der Waals surface area contributed by atoms with E-state index in [-0.39, 0.29) is 0 Å². The second-order valence-corrected chi connectivity index (χ2v) is 8.48. The monoisotopic (exact) mass is 468 g/mol. The second-order valence-electron chi connectivity index (χ2n) is 8.07. The van der Waals surface area contributed by atoms with Gasteiger partial charge in [-0.3, -0.25) is 0 Å². The first-order valence-electron chi connectivity index (χ1n) is 11.2. The first-order chi connectivity index (χ1) is 16.6. The van der Waals surface area contributed by atoms with Gasteiger partial charge in [0.1, 0.15) is 11.6 Å². The lowest BCUT2D eigenvalue weighted by molar-refractivity contribution is 0.415. The van der Waals surface area contributed by atoms with Crippen LogP contribution in [0.25, 0.3) is 33.3 Å². The Bertz CT molecular complexity index is 1490. The average Bonchev–Trinajstić information content (AvgIpc) is 3.27. The molecule has 0 unspecified atom stereocenters. The highest BCUT2D eigenvalue weighted by Crippen LogP contribution is 2.37. The quantitative estimate of drug-likeness (QED) is 0.280. The van der Waals surface area contributed by atoms with Gasteiger partial charge in [0.05, 0.1) is 17.8 Å². The van der Waals surface area contributed by atoms with Gasteiger partial charge >= 0.3 is 0 Å². The number of nitrogens with zero attached hydrogens (tertiary/aromatic N) is 3. The average molecular weight is 469 g/mol. The molecular weight excluding hydrogens is 444 g/mol. The lowest BCUT2D eigenvalue weighted by atomic mass is 9.98. The fourth-order valence-electron chi connectivity index (χ4n) is 4.23. The van der Waals surface area contributed by atoms with Gasteiger partial charge in [0.2, 0.25) is 0 Å². The predicted molar refractivity (Wildman–Crippen MR) is 140 cm³/mol. The van der Waals surface area contributed by atoms with Crippen LogP contribution in [0.15, 0.2) is 79.1 Å². The molecule has 3 aromatic carbocycles. The van der Waals surface area contributed by atoms with Crippen LogP contribution in [0.1, 0.15) is 12.7 Å². The van der Waals surface area contributed by atoms with E-state index in [1.54, 1.807) is 7.11 Å². The number of hydrogen-bond donors (Lipinski definition) is 1. The molecule has 2 aromatic heterocycles. The molecule has 170 valence electrons. The summed E-state index contributed by atoms with van der Waals surface area (Å²) in [4.78, 5) is 9.39. The molecule has 5 aromatic rings. The Balaban J connectivity index is 1.60. The third-order valence-corrected chi connectivity index (χ3v) is 6.24. The van der Waals surface area contributed by atoms with E-state index in [1.165, 1.54) is 10.9 Å². The van der Waals surface area contributed by atoms with Crippen molar-refractivity contribution >= 4 is 33.9 Å². The van der Waals surface area contributed by atoms with Crippen molar-refractivity contribution in [2.45, 2.75) is 20.4 Å². The Morgan fingerprint density at radius 2 is 1.85 bits per heavy atom. The van der Waals surface area contributed by atoms with Gasteiger partial charge in [-0.2, -0.15) is 0 Å². The molecule has 34 heavy (non-hydrogen) atoms. The molecule has 6 heteroatoms. The SMILES string of the molecule is CCn1ccc2cc(-c3cnc(C)nc3-c3ccccc3Nc3ccc(OC)c(Cl)c3)ccc21. The first-order valence-corrected chi connectivity index (χ1v) is 11.6. The number of hydrogen-bond acceptors (Lipinski definition) is 4. The maximum Gasteiger partial charge on any atom is 0.137 e. The topological polar surface area (TPSA) is 52.0 Å². The van der Waals surface area contributed by atoms with Crippen LogP contribution in [-0.2, 0) is 6.54 Å². The van der Waals surface area contributed by atoms with Gasteiger partial charge < -0.3 is 14.6 Å². The summed E-state index contributed by atoms with van der Waals surface area (Å²) >= 11 is 6.35. The number of benzene rings is 3. The Morgan fingerprint density at radius 3 is 2.65 bits per heavy atom. The Labute approximate surface area is 204 Å². The molecule has 5 nitrogen and oxygen atoms in total. The van der Waals surface area contributed by atoms with Gasteiger partial charge in [0.15, 0.2) is 0 Å². The van der Waals surface area contributed by atoms with Gasteiger partial charge in [0.25, 0.3) is 0 Å². The van der Waals surface area contributed by atoms with E-state index in [4.69, 9.17) is 21.3 Å². The zero-order valence-electron chi connectivity index (χ0n) is 19.3. The van der Waals surface area contributed by atoms with Crippen molar-refractivity contribution in [1.82, 2.24) is 14.5 Å². The largest absolute Gasteiger partial charge is 0.495 e. The lowest BCUT2D eigenvalue weighted by Crippen LogP contribution is -1.99. The number of anilines is 2. The zero-order valence-corrected chi connectivity index (χ0v) is 20.1. The van der Waals surface area contributed by atoms with Crippen molar-refractivity contribution in [3.05, 3.63) is 90.0 Å². The molecule has 0 saturated carbocycles. The highest BCUT2D eigenvalue weighted by Gasteiger charge is 2.15. The van der Waals surface area contributed by atoms with Crippen LogP contribution in [0, 0.1) is 6.92 Å². The maximum absolute atomic E-state index is 6.35. The molecule has 2 heterocycles. The van der Waals surface area contributed by atoms with Gasteiger partial charge in [-0.05, 0) is 61.9 Å². The number of para-hydroxylation sites is 1. The van der Waals surface area contributed by atoms with E-state index in [2.05, 4.69) is 58.3 Å². The van der Waals surface area contributed by atoms with E-state index >= 15 is 0 Å². The van der Waals surface area contributed by atoms with E-state index in [9.17, 15) is 0 Å². The number of fused-ring (bicyclic) bond motifs is 1. The summed E-state index contributed by atoms with van der Waals surface area (Å²) < 4.78 is 7.52. The Morgan fingerprint density at radius 1 is 1.00 bits per heavy atom. The molecule has 0 aliphatic carbocycles. The van der Waals surface area contributed by atoms with Crippen LogP contribution in [0.4, 0.5) is 11.4 Å². The van der Waals surface area contributed by atoms with Gasteiger partial charge in [-0.25, -0.2) is 9.97 Å². The zero-order chi connectivity index (χ0) is 23.7. The summed E-state index contributed by atoms with van der Waals surface area (Å²) in [6.07, 6.45) is 4.04. The van der Waals surface area contributed by atoms with E-state index < -0.39 is 0 Å². The third-order valence-electron chi connectivity index (χ3n) is 5.94. The van der Waals surface area contributed by atoms with Crippen LogP contribution >= 0.6 is 11.6 Å². The fourth-order valence-corrected chi connectivity index (χ4v) is 4.49. The fraction of sp³-hybridized carbons (Fsp3) is 0.143. The molecule has 0 aliphatic rings. The number of aromatic nitrogens is 3. The van der Waals surface area contributed by atoms with Crippen molar-refractivity contribution in [2.24, 2.45) is 0 Å². The normalized spacial score (nSPS) is 11.1. The summed E-state index contributed by atoms with van der Waals surface area (Å²) in [7, 11) is 1.61. The molecule has 0 atom stereocenters. The molecule has 0 radical (unpaired) electrons. The minimum atomic E-state index is 0.552. The number of rotatable bonds is 6. The molecule has 0 saturated heterocycles. The molecule has 0 bridgehead atoms. The van der Waals surface area contributed by atoms with Crippen LogP contribution in [0.2, 0.25) is 5.02 Å². The highest BCUT2D eigenvalue weighted by atomic mass is 35.5. The summed E-state index contributed by atoms with van der Waals surface area (Å²) in [6.45, 7) is 5.01. The lowest BCUT2D eigenvalue weighted by Gasteiger charge is -2.16. The van der Waals surface area contributed by atoms with Crippen LogP contribution in [0.5, 0.6) is 5.75 Å². The van der Waals surface area contributed by atoms with Crippen molar-refractivity contribution in [3.8, 4) is 28.1 Å². The maximum atomic E-state index is 6.35. The molecule has 0 fully saturated rings. The minimum absolute atomic E-state index is 0.552. The first kappa shape index (κ1) is 22.0. The van der Waals surface area contributed by atoms with Crippen molar-refractivity contribution < 1.29 is 4.74 Å². The highest BCUT2D eigenvalue weighted by molar-refractivity contribution is 6.32. The van der Waals surface area contributed by atoms with Crippen LogP contribution in [-0.4, -0.2) is 21.6 Å². The number of methoxy groups -OCH3 is 1. The molecule has 0 aliphatic heterocycles. The molecule has 0 spiro atoms. The molecule has 0 amide bonds. The van der Waals surface area contributed by atoms with E-state index in [0.29, 0.717) is 10.8 Å². The van der Waals surface area contributed by atoms with E-state index in [1.807, 2.05) is 49.5 Å². The predicted octanol–water partition coefficient (Wildman–Crippen LogP) is 7.50. The van der Waals surface area contributed by atoms with Crippen molar-refractivity contribution in [2.75, 3.05) is 12.4 Å². The standard InChI is InChI=1S/C28H25ClN4O/c1-4-33-14-13-20-15-19(9-11-26(20)33)23-17-30-18(2)31-28(23)22-7-5-6-8-25(22)32-21-10-12-27(34-3)24(29)16-21/h5-17,32H,4H2,1-3H3. The minimum Gasteiger partial charge on any atom is -0.495 e.